The molecular weight excluding hydrogens is 187 g/mol. The fourth-order valence-corrected chi connectivity index (χ4v) is 0.854. The van der Waals surface area contributed by atoms with Crippen molar-refractivity contribution in [1.82, 2.24) is 4.98 Å². The van der Waals surface area contributed by atoms with Gasteiger partial charge < -0.3 is 10.1 Å². The number of aromatic amines is 1. The number of hydrogen-bond donors (Lipinski definition) is 2. The van der Waals surface area contributed by atoms with Crippen LogP contribution in [0.1, 0.15) is 17.8 Å². The van der Waals surface area contributed by atoms with Crippen LogP contribution in [-0.2, 0) is 6.61 Å². The minimum Gasteiger partial charge on any atom is -0.390 e. The van der Waals surface area contributed by atoms with E-state index in [4.69, 9.17) is 5.11 Å². The van der Waals surface area contributed by atoms with Gasteiger partial charge in [-0.1, -0.05) is 0 Å². The van der Waals surface area contributed by atoms with Gasteiger partial charge in [0.15, 0.2) is 5.82 Å². The van der Waals surface area contributed by atoms with Crippen LogP contribution in [0.3, 0.4) is 0 Å². The van der Waals surface area contributed by atoms with E-state index in [9.17, 15) is 18.0 Å². The van der Waals surface area contributed by atoms with Crippen LogP contribution in [0.5, 0.6) is 0 Å². The number of hydrogen-bond acceptors (Lipinski definition) is 2. The van der Waals surface area contributed by atoms with Gasteiger partial charge in [0.2, 0.25) is 5.43 Å². The van der Waals surface area contributed by atoms with Crippen molar-refractivity contribution >= 4 is 0 Å². The van der Waals surface area contributed by atoms with Crippen molar-refractivity contribution in [3.63, 3.8) is 0 Å². The predicted octanol–water partition coefficient (Wildman–Crippen LogP) is 0.944. The molecule has 0 saturated carbocycles. The first-order valence-electron chi connectivity index (χ1n) is 3.37. The van der Waals surface area contributed by atoms with Crippen molar-refractivity contribution in [3.8, 4) is 0 Å². The molecule has 1 aromatic heterocycles. The molecule has 0 radical (unpaired) electrons. The van der Waals surface area contributed by atoms with Crippen LogP contribution in [-0.4, -0.2) is 10.1 Å². The first-order valence-corrected chi connectivity index (χ1v) is 3.37. The Labute approximate surface area is 70.8 Å². The zero-order valence-corrected chi connectivity index (χ0v) is 6.35. The maximum absolute atomic E-state index is 12.7. The first kappa shape index (κ1) is 9.79. The van der Waals surface area contributed by atoms with E-state index in [-0.39, 0.29) is 5.69 Å². The Kier molecular flexibility index (Phi) is 2.72. The lowest BCUT2D eigenvalue weighted by Gasteiger charge is -2.03. The standard InChI is InChI=1S/C7H6F3NO2/c8-5-4(13)1-3(2-12)11-6(5)7(9)10/h1,7,12H,2H2,(H,11,13). The topological polar surface area (TPSA) is 53.1 Å². The van der Waals surface area contributed by atoms with Gasteiger partial charge in [-0.3, -0.25) is 4.79 Å². The van der Waals surface area contributed by atoms with Gasteiger partial charge in [-0.2, -0.15) is 0 Å². The Hall–Kier alpha value is -1.30. The lowest BCUT2D eigenvalue weighted by molar-refractivity contribution is 0.139. The summed E-state index contributed by atoms with van der Waals surface area (Å²) in [5, 5.41) is 8.52. The minimum absolute atomic E-state index is 0.137. The molecule has 0 spiro atoms. The highest BCUT2D eigenvalue weighted by atomic mass is 19.3. The van der Waals surface area contributed by atoms with Crippen molar-refractivity contribution in [1.29, 1.82) is 0 Å². The zero-order valence-electron chi connectivity index (χ0n) is 6.35. The number of aromatic nitrogens is 1. The molecule has 0 aliphatic heterocycles. The predicted molar refractivity (Wildman–Crippen MR) is 37.9 cm³/mol. The molecule has 0 unspecified atom stereocenters. The summed E-state index contributed by atoms with van der Waals surface area (Å²) in [6.07, 6.45) is -3.10. The van der Waals surface area contributed by atoms with Crippen LogP contribution >= 0.6 is 0 Å². The maximum Gasteiger partial charge on any atom is 0.281 e. The summed E-state index contributed by atoms with van der Waals surface area (Å²) in [6.45, 7) is -0.616. The molecule has 0 saturated heterocycles. The van der Waals surface area contributed by atoms with Gasteiger partial charge in [-0.15, -0.1) is 0 Å². The molecule has 1 aromatic rings. The maximum atomic E-state index is 12.7. The number of alkyl halides is 2. The number of rotatable bonds is 2. The van der Waals surface area contributed by atoms with Crippen LogP contribution in [0.15, 0.2) is 10.9 Å². The third-order valence-electron chi connectivity index (χ3n) is 1.44. The summed E-state index contributed by atoms with van der Waals surface area (Å²) >= 11 is 0. The van der Waals surface area contributed by atoms with Gasteiger partial charge in [0.25, 0.3) is 6.43 Å². The molecule has 0 amide bonds. The molecule has 72 valence electrons. The van der Waals surface area contributed by atoms with Crippen molar-refractivity contribution in [2.75, 3.05) is 0 Å². The highest BCUT2D eigenvalue weighted by Gasteiger charge is 2.17. The molecule has 0 fully saturated rings. The number of pyridine rings is 1. The molecule has 2 N–H and O–H groups in total. The summed E-state index contributed by atoms with van der Waals surface area (Å²) in [5.41, 5.74) is -2.38. The van der Waals surface area contributed by atoms with E-state index in [0.29, 0.717) is 0 Å². The highest BCUT2D eigenvalue weighted by molar-refractivity contribution is 5.14. The van der Waals surface area contributed by atoms with E-state index in [2.05, 4.69) is 0 Å². The van der Waals surface area contributed by atoms with Gasteiger partial charge in [0, 0.05) is 11.8 Å². The molecule has 0 aliphatic rings. The molecule has 0 aliphatic carbocycles. The largest absolute Gasteiger partial charge is 0.390 e. The second-order valence-corrected chi connectivity index (χ2v) is 2.35. The van der Waals surface area contributed by atoms with E-state index in [0.717, 1.165) is 6.07 Å². The number of aliphatic hydroxyl groups is 1. The number of aliphatic hydroxyl groups excluding tert-OH is 1. The van der Waals surface area contributed by atoms with Crippen LogP contribution < -0.4 is 5.43 Å². The monoisotopic (exact) mass is 193 g/mol. The third kappa shape index (κ3) is 1.89. The van der Waals surface area contributed by atoms with E-state index < -0.39 is 30.0 Å². The summed E-state index contributed by atoms with van der Waals surface area (Å²) in [6, 6.07) is 0.737. The van der Waals surface area contributed by atoms with E-state index in [1.165, 1.54) is 0 Å². The van der Waals surface area contributed by atoms with E-state index in [1.807, 2.05) is 4.98 Å². The van der Waals surface area contributed by atoms with Crippen molar-refractivity contribution in [2.24, 2.45) is 0 Å². The molecule has 1 heterocycles. The second kappa shape index (κ2) is 3.61. The molecule has 6 heteroatoms. The molecule has 0 bridgehead atoms. The fourth-order valence-electron chi connectivity index (χ4n) is 0.854. The van der Waals surface area contributed by atoms with Crippen LogP contribution in [0.2, 0.25) is 0 Å². The Bertz CT molecular complexity index is 361. The Morgan fingerprint density at radius 1 is 1.54 bits per heavy atom. The molecule has 0 aromatic carbocycles. The van der Waals surface area contributed by atoms with Crippen LogP contribution in [0, 0.1) is 5.82 Å². The SMILES string of the molecule is O=c1cc(CO)[nH]c(C(F)F)c1F. The number of halogens is 3. The minimum atomic E-state index is -3.10. The Balaban J connectivity index is 3.33. The molecule has 1 rings (SSSR count). The van der Waals surface area contributed by atoms with Crippen LogP contribution in [0.4, 0.5) is 13.2 Å². The van der Waals surface area contributed by atoms with E-state index >= 15 is 0 Å². The lowest BCUT2D eigenvalue weighted by atomic mass is 10.3. The molecule has 13 heavy (non-hydrogen) atoms. The average Bonchev–Trinajstić information content (AvgIpc) is 2.09. The summed E-state index contributed by atoms with van der Waals surface area (Å²) in [7, 11) is 0. The fraction of sp³-hybridized carbons (Fsp3) is 0.286. The zero-order chi connectivity index (χ0) is 10.0. The number of nitrogens with one attached hydrogen (secondary N) is 1. The van der Waals surface area contributed by atoms with Crippen molar-refractivity contribution in [2.45, 2.75) is 13.0 Å². The average molecular weight is 193 g/mol. The number of H-pyrrole nitrogens is 1. The van der Waals surface area contributed by atoms with Gasteiger partial charge in [0.05, 0.1) is 6.61 Å². The summed E-state index contributed by atoms with van der Waals surface area (Å²) < 4.78 is 36.7. The summed E-state index contributed by atoms with van der Waals surface area (Å²) in [4.78, 5) is 12.6. The van der Waals surface area contributed by atoms with Crippen molar-refractivity contribution < 1.29 is 18.3 Å². The highest BCUT2D eigenvalue weighted by Crippen LogP contribution is 2.17. The normalized spacial score (nSPS) is 10.8. The Morgan fingerprint density at radius 3 is 2.62 bits per heavy atom. The van der Waals surface area contributed by atoms with E-state index in [1.54, 1.807) is 0 Å². The van der Waals surface area contributed by atoms with Gasteiger partial charge >= 0.3 is 0 Å². The van der Waals surface area contributed by atoms with Gasteiger partial charge in [-0.25, -0.2) is 13.2 Å². The Morgan fingerprint density at radius 2 is 2.15 bits per heavy atom. The first-order chi connectivity index (χ1) is 6.06. The van der Waals surface area contributed by atoms with Crippen LogP contribution in [0.25, 0.3) is 0 Å². The third-order valence-corrected chi connectivity index (χ3v) is 1.44. The summed E-state index contributed by atoms with van der Waals surface area (Å²) in [5.74, 6) is -1.51. The van der Waals surface area contributed by atoms with Gasteiger partial charge in [-0.05, 0) is 0 Å². The van der Waals surface area contributed by atoms with Gasteiger partial charge in [0.1, 0.15) is 5.69 Å². The molecular formula is C7H6F3NO2. The quantitative estimate of drug-likeness (QED) is 0.734. The molecule has 3 nitrogen and oxygen atoms in total. The molecule has 0 atom stereocenters. The lowest BCUT2D eigenvalue weighted by Crippen LogP contribution is -2.14. The van der Waals surface area contributed by atoms with Crippen molar-refractivity contribution in [3.05, 3.63) is 33.5 Å². The smallest absolute Gasteiger partial charge is 0.281 e. The second-order valence-electron chi connectivity index (χ2n) is 2.35.